The third-order valence-electron chi connectivity index (χ3n) is 2.47. The minimum atomic E-state index is -0.737. The highest BCUT2D eigenvalue weighted by molar-refractivity contribution is 5.89. The van der Waals surface area contributed by atoms with Gasteiger partial charge in [0.15, 0.2) is 5.82 Å². The number of anilines is 1. The molecule has 7 heteroatoms. The number of amides is 2. The minimum absolute atomic E-state index is 0.00431. The molecule has 0 radical (unpaired) electrons. The fourth-order valence-corrected chi connectivity index (χ4v) is 1.50. The highest BCUT2D eigenvalue weighted by Crippen LogP contribution is 2.11. The normalized spacial score (nSPS) is 10.2. The van der Waals surface area contributed by atoms with Gasteiger partial charge in [-0.3, -0.25) is 4.98 Å². The lowest BCUT2D eigenvalue weighted by Crippen LogP contribution is -2.29. The van der Waals surface area contributed by atoms with E-state index < -0.39 is 23.5 Å². The molecular weight excluding hydrogens is 271 g/mol. The van der Waals surface area contributed by atoms with Crippen LogP contribution >= 0.6 is 0 Å². The Morgan fingerprint density at radius 1 is 1.15 bits per heavy atom. The topological polar surface area (TPSA) is 54.0 Å². The van der Waals surface area contributed by atoms with Crippen LogP contribution in [0.1, 0.15) is 5.56 Å². The first-order valence-corrected chi connectivity index (χ1v) is 5.64. The van der Waals surface area contributed by atoms with Gasteiger partial charge >= 0.3 is 6.03 Å². The first-order valence-electron chi connectivity index (χ1n) is 5.64. The molecule has 0 saturated carbocycles. The molecule has 0 fully saturated rings. The van der Waals surface area contributed by atoms with E-state index in [9.17, 15) is 18.0 Å². The smallest absolute Gasteiger partial charge is 0.319 e. The number of nitrogens with one attached hydrogen (secondary N) is 2. The zero-order valence-corrected chi connectivity index (χ0v) is 10.2. The fraction of sp³-hybridized carbons (Fsp3) is 0.0769. The lowest BCUT2D eigenvalue weighted by molar-refractivity contribution is 0.251. The zero-order valence-electron chi connectivity index (χ0n) is 10.2. The Bertz CT molecular complexity index is 634. The van der Waals surface area contributed by atoms with Crippen molar-refractivity contribution in [3.63, 3.8) is 0 Å². The zero-order chi connectivity index (χ0) is 14.5. The summed E-state index contributed by atoms with van der Waals surface area (Å²) in [6.07, 6.45) is 2.26. The number of rotatable bonds is 3. The van der Waals surface area contributed by atoms with E-state index in [1.807, 2.05) is 0 Å². The SMILES string of the molecule is O=C(NCc1cc(F)ccc1F)Nc1ccncc1F. The van der Waals surface area contributed by atoms with Crippen LogP contribution in [0.3, 0.4) is 0 Å². The number of benzene rings is 1. The number of aromatic nitrogens is 1. The number of hydrogen-bond acceptors (Lipinski definition) is 2. The predicted octanol–water partition coefficient (Wildman–Crippen LogP) is 2.82. The average Bonchev–Trinajstić information content (AvgIpc) is 2.42. The van der Waals surface area contributed by atoms with Crippen molar-refractivity contribution in [2.24, 2.45) is 0 Å². The quantitative estimate of drug-likeness (QED) is 0.909. The Labute approximate surface area is 112 Å². The summed E-state index contributed by atoms with van der Waals surface area (Å²) in [5.41, 5.74) is -0.0624. The van der Waals surface area contributed by atoms with Gasteiger partial charge in [-0.15, -0.1) is 0 Å². The van der Waals surface area contributed by atoms with Crippen LogP contribution in [0.25, 0.3) is 0 Å². The van der Waals surface area contributed by atoms with Crippen molar-refractivity contribution < 1.29 is 18.0 Å². The molecular formula is C13H10F3N3O. The van der Waals surface area contributed by atoms with E-state index in [2.05, 4.69) is 15.6 Å². The molecule has 0 saturated heterocycles. The van der Waals surface area contributed by atoms with Crippen LogP contribution in [0.4, 0.5) is 23.7 Å². The molecule has 104 valence electrons. The Kier molecular flexibility index (Phi) is 4.19. The average molecular weight is 281 g/mol. The summed E-state index contributed by atoms with van der Waals surface area (Å²) < 4.78 is 39.4. The second-order valence-corrected chi connectivity index (χ2v) is 3.90. The van der Waals surface area contributed by atoms with Crippen LogP contribution in [0.15, 0.2) is 36.7 Å². The van der Waals surface area contributed by atoms with Crippen LogP contribution in [0.2, 0.25) is 0 Å². The van der Waals surface area contributed by atoms with Gasteiger partial charge in [0.1, 0.15) is 11.6 Å². The molecule has 2 N–H and O–H groups in total. The standard InChI is InChI=1S/C13H10F3N3O/c14-9-1-2-10(15)8(5-9)6-18-13(20)19-12-3-4-17-7-11(12)16/h1-5,7H,6H2,(H2,17,18,19,20). The Hall–Kier alpha value is -2.57. The van der Waals surface area contributed by atoms with Crippen molar-refractivity contribution in [3.05, 3.63) is 59.7 Å². The molecule has 2 rings (SSSR count). The van der Waals surface area contributed by atoms with Gasteiger partial charge in [-0.2, -0.15) is 0 Å². The van der Waals surface area contributed by atoms with Crippen LogP contribution in [0, 0.1) is 17.5 Å². The fourth-order valence-electron chi connectivity index (χ4n) is 1.50. The van der Waals surface area contributed by atoms with Crippen LogP contribution < -0.4 is 10.6 Å². The number of urea groups is 1. The van der Waals surface area contributed by atoms with Crippen LogP contribution in [0.5, 0.6) is 0 Å². The largest absolute Gasteiger partial charge is 0.334 e. The molecule has 0 aliphatic carbocycles. The monoisotopic (exact) mass is 281 g/mol. The Morgan fingerprint density at radius 3 is 2.70 bits per heavy atom. The first-order chi connectivity index (χ1) is 9.56. The molecule has 0 aliphatic rings. The lowest BCUT2D eigenvalue weighted by Gasteiger charge is -2.08. The highest BCUT2D eigenvalue weighted by atomic mass is 19.1. The van der Waals surface area contributed by atoms with Crippen molar-refractivity contribution in [3.8, 4) is 0 Å². The maximum absolute atomic E-state index is 13.3. The van der Waals surface area contributed by atoms with Crippen molar-refractivity contribution in [2.75, 3.05) is 5.32 Å². The van der Waals surface area contributed by atoms with E-state index in [1.54, 1.807) is 0 Å². The summed E-state index contributed by atoms with van der Waals surface area (Å²) in [7, 11) is 0. The molecule has 0 unspecified atom stereocenters. The van der Waals surface area contributed by atoms with Gasteiger partial charge in [0.2, 0.25) is 0 Å². The molecule has 1 aromatic heterocycles. The summed E-state index contributed by atoms with van der Waals surface area (Å²) in [5.74, 6) is -1.94. The van der Waals surface area contributed by atoms with E-state index >= 15 is 0 Å². The summed E-state index contributed by atoms with van der Waals surface area (Å²) >= 11 is 0. The summed E-state index contributed by atoms with van der Waals surface area (Å²) in [6.45, 7) is -0.220. The first kappa shape index (κ1) is 13.9. The van der Waals surface area contributed by atoms with Crippen molar-refractivity contribution in [1.82, 2.24) is 10.3 Å². The van der Waals surface area contributed by atoms with Crippen molar-refractivity contribution >= 4 is 11.7 Å². The highest BCUT2D eigenvalue weighted by Gasteiger charge is 2.08. The Balaban J connectivity index is 1.96. The van der Waals surface area contributed by atoms with E-state index in [0.717, 1.165) is 24.4 Å². The molecule has 20 heavy (non-hydrogen) atoms. The maximum atomic E-state index is 13.3. The second-order valence-electron chi connectivity index (χ2n) is 3.90. The van der Waals surface area contributed by atoms with Gasteiger partial charge < -0.3 is 10.6 Å². The lowest BCUT2D eigenvalue weighted by atomic mass is 10.2. The molecule has 2 amide bonds. The molecule has 0 bridgehead atoms. The second kappa shape index (κ2) is 6.05. The molecule has 1 aromatic carbocycles. The van der Waals surface area contributed by atoms with E-state index in [0.29, 0.717) is 0 Å². The number of carbonyl (C=O) groups excluding carboxylic acids is 1. The maximum Gasteiger partial charge on any atom is 0.319 e. The van der Waals surface area contributed by atoms with Crippen LogP contribution in [-0.4, -0.2) is 11.0 Å². The third kappa shape index (κ3) is 3.47. The van der Waals surface area contributed by atoms with Crippen molar-refractivity contribution in [1.29, 1.82) is 0 Å². The van der Waals surface area contributed by atoms with E-state index in [-0.39, 0.29) is 17.8 Å². The molecule has 1 heterocycles. The summed E-state index contributed by atoms with van der Waals surface area (Å²) in [4.78, 5) is 15.0. The number of pyridine rings is 1. The molecule has 4 nitrogen and oxygen atoms in total. The number of carbonyl (C=O) groups is 1. The number of hydrogen-bond donors (Lipinski definition) is 2. The van der Waals surface area contributed by atoms with Gasteiger partial charge in [-0.05, 0) is 24.3 Å². The molecule has 0 spiro atoms. The van der Waals surface area contributed by atoms with Crippen LogP contribution in [-0.2, 0) is 6.54 Å². The molecule has 0 atom stereocenters. The van der Waals surface area contributed by atoms with E-state index in [1.165, 1.54) is 12.3 Å². The van der Waals surface area contributed by atoms with E-state index in [4.69, 9.17) is 0 Å². The number of nitrogens with zero attached hydrogens (tertiary/aromatic N) is 1. The van der Waals surface area contributed by atoms with Crippen molar-refractivity contribution in [2.45, 2.75) is 6.54 Å². The van der Waals surface area contributed by atoms with Gasteiger partial charge in [-0.1, -0.05) is 0 Å². The van der Waals surface area contributed by atoms with Gasteiger partial charge in [-0.25, -0.2) is 18.0 Å². The summed E-state index contributed by atoms with van der Waals surface area (Å²) in [5, 5.41) is 4.53. The molecule has 0 aliphatic heterocycles. The van der Waals surface area contributed by atoms with Gasteiger partial charge in [0.25, 0.3) is 0 Å². The molecule has 2 aromatic rings. The Morgan fingerprint density at radius 2 is 1.95 bits per heavy atom. The predicted molar refractivity (Wildman–Crippen MR) is 66.4 cm³/mol. The third-order valence-corrected chi connectivity index (χ3v) is 2.47. The number of halogens is 3. The minimum Gasteiger partial charge on any atom is -0.334 e. The van der Waals surface area contributed by atoms with Gasteiger partial charge in [0, 0.05) is 18.3 Å². The van der Waals surface area contributed by atoms with Gasteiger partial charge in [0.05, 0.1) is 11.9 Å². The summed E-state index contributed by atoms with van der Waals surface area (Å²) in [6, 6.07) is 3.46.